The van der Waals surface area contributed by atoms with Gasteiger partial charge in [0.15, 0.2) is 11.6 Å². The molecule has 0 saturated carbocycles. The zero-order chi connectivity index (χ0) is 12.3. The molecule has 0 unspecified atom stereocenters. The van der Waals surface area contributed by atoms with E-state index in [0.29, 0.717) is 6.61 Å². The van der Waals surface area contributed by atoms with Gasteiger partial charge >= 0.3 is 6.01 Å². The van der Waals surface area contributed by atoms with E-state index in [2.05, 4.69) is 25.9 Å². The molecule has 0 amide bonds. The SMILES string of the molecule is Nc1nc(OCc2ccc(Br)cc2)ncc1F. The van der Waals surface area contributed by atoms with E-state index < -0.39 is 5.82 Å². The van der Waals surface area contributed by atoms with Gasteiger partial charge in [-0.3, -0.25) is 0 Å². The standard InChI is InChI=1S/C11H9BrFN3O/c12-8-3-1-7(2-4-8)6-17-11-15-5-9(13)10(14)16-11/h1-5H,6H2,(H2,14,15,16). The first-order valence-electron chi connectivity index (χ1n) is 4.80. The average molecular weight is 298 g/mol. The largest absolute Gasteiger partial charge is 0.459 e. The van der Waals surface area contributed by atoms with Crippen LogP contribution in [0, 0.1) is 5.82 Å². The van der Waals surface area contributed by atoms with E-state index in [-0.39, 0.29) is 11.8 Å². The topological polar surface area (TPSA) is 61.0 Å². The van der Waals surface area contributed by atoms with Crippen LogP contribution in [0.15, 0.2) is 34.9 Å². The summed E-state index contributed by atoms with van der Waals surface area (Å²) in [6, 6.07) is 7.66. The summed E-state index contributed by atoms with van der Waals surface area (Å²) in [6.45, 7) is 0.304. The summed E-state index contributed by atoms with van der Waals surface area (Å²) in [4.78, 5) is 7.34. The van der Waals surface area contributed by atoms with Crippen molar-refractivity contribution in [2.45, 2.75) is 6.61 Å². The Hall–Kier alpha value is -1.69. The van der Waals surface area contributed by atoms with Gasteiger partial charge in [-0.1, -0.05) is 28.1 Å². The van der Waals surface area contributed by atoms with Crippen molar-refractivity contribution in [1.82, 2.24) is 9.97 Å². The van der Waals surface area contributed by atoms with Gasteiger partial charge in [0.1, 0.15) is 6.61 Å². The van der Waals surface area contributed by atoms with Crippen LogP contribution in [0.4, 0.5) is 10.2 Å². The highest BCUT2D eigenvalue weighted by Crippen LogP contribution is 2.13. The lowest BCUT2D eigenvalue weighted by Gasteiger charge is -2.05. The van der Waals surface area contributed by atoms with Gasteiger partial charge in [0.25, 0.3) is 0 Å². The van der Waals surface area contributed by atoms with Crippen LogP contribution in [0.3, 0.4) is 0 Å². The molecule has 2 aromatic rings. The minimum atomic E-state index is -0.652. The quantitative estimate of drug-likeness (QED) is 0.946. The maximum atomic E-state index is 12.8. The van der Waals surface area contributed by atoms with E-state index in [4.69, 9.17) is 10.5 Å². The Labute approximate surface area is 106 Å². The number of aromatic nitrogens is 2. The molecule has 0 atom stereocenters. The van der Waals surface area contributed by atoms with Crippen molar-refractivity contribution in [2.24, 2.45) is 0 Å². The minimum Gasteiger partial charge on any atom is -0.459 e. The van der Waals surface area contributed by atoms with Crippen molar-refractivity contribution in [1.29, 1.82) is 0 Å². The van der Waals surface area contributed by atoms with Crippen LogP contribution < -0.4 is 10.5 Å². The summed E-state index contributed by atoms with van der Waals surface area (Å²) < 4.78 is 19.1. The molecule has 6 heteroatoms. The van der Waals surface area contributed by atoms with E-state index in [1.54, 1.807) is 0 Å². The molecule has 2 rings (SSSR count). The van der Waals surface area contributed by atoms with Gasteiger partial charge in [-0.15, -0.1) is 0 Å². The molecule has 88 valence electrons. The molecular formula is C11H9BrFN3O. The summed E-state index contributed by atoms with van der Waals surface area (Å²) >= 11 is 3.34. The Bertz CT molecular complexity index is 519. The normalized spacial score (nSPS) is 10.2. The molecule has 0 aliphatic heterocycles. The maximum absolute atomic E-state index is 12.8. The molecule has 0 fully saturated rings. The maximum Gasteiger partial charge on any atom is 0.318 e. The highest BCUT2D eigenvalue weighted by atomic mass is 79.9. The van der Waals surface area contributed by atoms with Gasteiger partial charge in [0, 0.05) is 4.47 Å². The number of ether oxygens (including phenoxy) is 1. The molecule has 1 aromatic heterocycles. The second-order valence-electron chi connectivity index (χ2n) is 3.30. The molecule has 17 heavy (non-hydrogen) atoms. The Kier molecular flexibility index (Phi) is 3.53. The summed E-state index contributed by atoms with van der Waals surface area (Å²) in [7, 11) is 0. The van der Waals surface area contributed by atoms with Crippen LogP contribution in [-0.2, 0) is 6.61 Å². The van der Waals surface area contributed by atoms with Crippen LogP contribution in [0.5, 0.6) is 6.01 Å². The third-order valence-electron chi connectivity index (χ3n) is 2.03. The number of hydrogen-bond acceptors (Lipinski definition) is 4. The van der Waals surface area contributed by atoms with Gasteiger partial charge in [-0.25, -0.2) is 9.37 Å². The number of halogens is 2. The Morgan fingerprint density at radius 3 is 2.65 bits per heavy atom. The van der Waals surface area contributed by atoms with E-state index in [1.807, 2.05) is 24.3 Å². The molecule has 0 saturated heterocycles. The number of nitrogen functional groups attached to an aromatic ring is 1. The second-order valence-corrected chi connectivity index (χ2v) is 4.22. The average Bonchev–Trinajstić information content (AvgIpc) is 2.33. The van der Waals surface area contributed by atoms with Crippen LogP contribution in [-0.4, -0.2) is 9.97 Å². The van der Waals surface area contributed by atoms with E-state index >= 15 is 0 Å². The molecular weight excluding hydrogens is 289 g/mol. The highest BCUT2D eigenvalue weighted by Gasteiger charge is 2.04. The van der Waals surface area contributed by atoms with Crippen LogP contribution in [0.25, 0.3) is 0 Å². The molecule has 0 aliphatic carbocycles. The van der Waals surface area contributed by atoms with Crippen molar-refractivity contribution in [3.63, 3.8) is 0 Å². The van der Waals surface area contributed by atoms with Crippen LogP contribution >= 0.6 is 15.9 Å². The van der Waals surface area contributed by atoms with Crippen molar-refractivity contribution in [3.8, 4) is 6.01 Å². The molecule has 0 bridgehead atoms. The fourth-order valence-corrected chi connectivity index (χ4v) is 1.43. The Balaban J connectivity index is 2.02. The number of anilines is 1. The van der Waals surface area contributed by atoms with Crippen molar-refractivity contribution < 1.29 is 9.13 Å². The summed E-state index contributed by atoms with van der Waals surface area (Å²) in [6.07, 6.45) is 0.985. The lowest BCUT2D eigenvalue weighted by Crippen LogP contribution is -2.03. The van der Waals surface area contributed by atoms with E-state index in [1.165, 1.54) is 0 Å². The first-order chi connectivity index (χ1) is 8.15. The molecule has 1 heterocycles. The van der Waals surface area contributed by atoms with Gasteiger partial charge in [-0.05, 0) is 17.7 Å². The predicted molar refractivity (Wildman–Crippen MR) is 64.9 cm³/mol. The third-order valence-corrected chi connectivity index (χ3v) is 2.56. The zero-order valence-corrected chi connectivity index (χ0v) is 10.3. The second kappa shape index (κ2) is 5.09. The molecule has 4 nitrogen and oxygen atoms in total. The molecule has 0 aliphatic rings. The number of hydrogen-bond donors (Lipinski definition) is 1. The molecule has 0 radical (unpaired) electrons. The van der Waals surface area contributed by atoms with E-state index in [9.17, 15) is 4.39 Å². The van der Waals surface area contributed by atoms with Gasteiger partial charge in [-0.2, -0.15) is 4.98 Å². The summed E-state index contributed by atoms with van der Waals surface area (Å²) in [5.74, 6) is -0.869. The van der Waals surface area contributed by atoms with Crippen LogP contribution in [0.2, 0.25) is 0 Å². The lowest BCUT2D eigenvalue weighted by atomic mass is 10.2. The summed E-state index contributed by atoms with van der Waals surface area (Å²) in [5.41, 5.74) is 6.26. The van der Waals surface area contributed by atoms with Gasteiger partial charge < -0.3 is 10.5 Å². The molecule has 1 aromatic carbocycles. The van der Waals surface area contributed by atoms with Crippen molar-refractivity contribution in [3.05, 3.63) is 46.3 Å². The third kappa shape index (κ3) is 3.13. The molecule has 0 spiro atoms. The van der Waals surface area contributed by atoms with E-state index in [0.717, 1.165) is 16.2 Å². The fraction of sp³-hybridized carbons (Fsp3) is 0.0909. The van der Waals surface area contributed by atoms with Crippen LogP contribution in [0.1, 0.15) is 5.56 Å². The number of benzene rings is 1. The predicted octanol–water partition coefficient (Wildman–Crippen LogP) is 2.54. The zero-order valence-electron chi connectivity index (χ0n) is 8.73. The number of nitrogens with two attached hydrogens (primary N) is 1. The first-order valence-corrected chi connectivity index (χ1v) is 5.60. The van der Waals surface area contributed by atoms with Crippen molar-refractivity contribution in [2.75, 3.05) is 5.73 Å². The summed E-state index contributed by atoms with van der Waals surface area (Å²) in [5, 5.41) is 0. The number of nitrogens with zero attached hydrogens (tertiary/aromatic N) is 2. The number of rotatable bonds is 3. The van der Waals surface area contributed by atoms with Crippen molar-refractivity contribution >= 4 is 21.7 Å². The smallest absolute Gasteiger partial charge is 0.318 e. The monoisotopic (exact) mass is 297 g/mol. The van der Waals surface area contributed by atoms with Gasteiger partial charge in [0.2, 0.25) is 0 Å². The Morgan fingerprint density at radius 1 is 1.29 bits per heavy atom. The minimum absolute atomic E-state index is 0.0619. The highest BCUT2D eigenvalue weighted by molar-refractivity contribution is 9.10. The van der Waals surface area contributed by atoms with Gasteiger partial charge in [0.05, 0.1) is 6.20 Å². The Morgan fingerprint density at radius 2 is 2.00 bits per heavy atom. The molecule has 2 N–H and O–H groups in total. The first kappa shape index (κ1) is 11.8. The lowest BCUT2D eigenvalue weighted by molar-refractivity contribution is 0.280. The fourth-order valence-electron chi connectivity index (χ4n) is 1.16.